The van der Waals surface area contributed by atoms with Crippen molar-refractivity contribution in [2.45, 2.75) is 57.2 Å². The van der Waals surface area contributed by atoms with Crippen molar-refractivity contribution in [3.05, 3.63) is 12.2 Å². The van der Waals surface area contributed by atoms with Crippen molar-refractivity contribution in [1.82, 2.24) is 19.7 Å². The number of hydrogen-bond donors (Lipinski definition) is 0. The van der Waals surface area contributed by atoms with E-state index in [0.717, 1.165) is 32.1 Å². The Morgan fingerprint density at radius 2 is 2.04 bits per heavy atom. The molecule has 1 saturated heterocycles. The average molecular weight is 351 g/mol. The molecule has 0 bridgehead atoms. The van der Waals surface area contributed by atoms with Crippen molar-refractivity contribution in [3.8, 4) is 6.07 Å². The summed E-state index contributed by atoms with van der Waals surface area (Å²) in [5.41, 5.74) is 0. The molecule has 2 heterocycles. The molecule has 2 aliphatic rings. The Kier molecular flexibility index (Phi) is 4.85. The first kappa shape index (κ1) is 16.9. The van der Waals surface area contributed by atoms with Crippen molar-refractivity contribution in [2.24, 2.45) is 0 Å². The van der Waals surface area contributed by atoms with Gasteiger partial charge in [-0.15, -0.1) is 5.10 Å². The van der Waals surface area contributed by atoms with Gasteiger partial charge in [-0.3, -0.25) is 4.79 Å². The van der Waals surface area contributed by atoms with Gasteiger partial charge in [-0.1, -0.05) is 19.3 Å². The lowest BCUT2D eigenvalue weighted by Gasteiger charge is -2.38. The SMILES string of the molecule is N#Cc1ncn(CC(=O)N(C2CCCCC2)C2CCS(=O)(=O)C2)n1. The third kappa shape index (κ3) is 3.75. The average Bonchev–Trinajstić information content (AvgIpc) is 3.15. The van der Waals surface area contributed by atoms with Gasteiger partial charge in [-0.25, -0.2) is 18.1 Å². The van der Waals surface area contributed by atoms with Crippen molar-refractivity contribution in [2.75, 3.05) is 11.5 Å². The van der Waals surface area contributed by atoms with Crippen LogP contribution in [0.2, 0.25) is 0 Å². The van der Waals surface area contributed by atoms with Crippen LogP contribution >= 0.6 is 0 Å². The summed E-state index contributed by atoms with van der Waals surface area (Å²) in [6.07, 6.45) is 7.00. The van der Waals surface area contributed by atoms with E-state index in [1.54, 1.807) is 4.90 Å². The molecule has 2 fully saturated rings. The van der Waals surface area contributed by atoms with Gasteiger partial charge in [-0.05, 0) is 19.3 Å². The lowest BCUT2D eigenvalue weighted by Crippen LogP contribution is -2.49. The Balaban J connectivity index is 1.78. The number of hydrogen-bond acceptors (Lipinski definition) is 6. The summed E-state index contributed by atoms with van der Waals surface area (Å²) in [5, 5.41) is 12.7. The summed E-state index contributed by atoms with van der Waals surface area (Å²) in [7, 11) is -3.06. The van der Waals surface area contributed by atoms with Gasteiger partial charge in [0, 0.05) is 12.1 Å². The minimum atomic E-state index is -3.06. The van der Waals surface area contributed by atoms with E-state index in [1.165, 1.54) is 11.0 Å². The predicted octanol–water partition coefficient (Wildman–Crippen LogP) is 0.498. The molecule has 0 aromatic carbocycles. The summed E-state index contributed by atoms with van der Waals surface area (Å²) in [6.45, 7) is -0.0122. The van der Waals surface area contributed by atoms with Gasteiger partial charge >= 0.3 is 0 Å². The van der Waals surface area contributed by atoms with Crippen LogP contribution in [0.3, 0.4) is 0 Å². The molecule has 0 radical (unpaired) electrons. The predicted molar refractivity (Wildman–Crippen MR) is 85.5 cm³/mol. The molecule has 3 rings (SSSR count). The van der Waals surface area contributed by atoms with Crippen LogP contribution in [0.15, 0.2) is 6.33 Å². The fraction of sp³-hybridized carbons (Fsp3) is 0.733. The third-order valence-corrected chi connectivity index (χ3v) is 6.54. The Labute approximate surface area is 141 Å². The minimum Gasteiger partial charge on any atom is -0.334 e. The van der Waals surface area contributed by atoms with Gasteiger partial charge in [0.15, 0.2) is 9.84 Å². The highest BCUT2D eigenvalue weighted by Gasteiger charge is 2.38. The second-order valence-electron chi connectivity index (χ2n) is 6.53. The Morgan fingerprint density at radius 1 is 1.29 bits per heavy atom. The van der Waals surface area contributed by atoms with E-state index in [0.29, 0.717) is 6.42 Å². The van der Waals surface area contributed by atoms with Crippen LogP contribution in [0.25, 0.3) is 0 Å². The Bertz CT molecular complexity index is 745. The van der Waals surface area contributed by atoms with E-state index in [-0.39, 0.29) is 41.9 Å². The van der Waals surface area contributed by atoms with Gasteiger partial charge in [0.05, 0.1) is 11.5 Å². The highest BCUT2D eigenvalue weighted by molar-refractivity contribution is 7.91. The quantitative estimate of drug-likeness (QED) is 0.781. The number of carbonyl (C=O) groups excluding carboxylic acids is 1. The van der Waals surface area contributed by atoms with Crippen LogP contribution in [0.4, 0.5) is 0 Å². The maximum absolute atomic E-state index is 12.9. The molecule has 1 amide bonds. The Morgan fingerprint density at radius 3 is 2.62 bits per heavy atom. The number of nitrogens with zero attached hydrogens (tertiary/aromatic N) is 5. The lowest BCUT2D eigenvalue weighted by atomic mass is 9.93. The minimum absolute atomic E-state index is 0.0122. The maximum Gasteiger partial charge on any atom is 0.252 e. The molecule has 1 aliphatic heterocycles. The van der Waals surface area contributed by atoms with Gasteiger partial charge in [0.2, 0.25) is 5.91 Å². The molecule has 1 aliphatic carbocycles. The second kappa shape index (κ2) is 6.89. The normalized spacial score (nSPS) is 23.7. The highest BCUT2D eigenvalue weighted by atomic mass is 32.2. The number of amides is 1. The van der Waals surface area contributed by atoms with Crippen LogP contribution in [-0.4, -0.2) is 57.6 Å². The highest BCUT2D eigenvalue weighted by Crippen LogP contribution is 2.28. The van der Waals surface area contributed by atoms with Gasteiger partial charge in [0.25, 0.3) is 5.82 Å². The molecule has 130 valence electrons. The number of rotatable bonds is 4. The maximum atomic E-state index is 12.9. The topological polar surface area (TPSA) is 109 Å². The second-order valence-corrected chi connectivity index (χ2v) is 8.76. The van der Waals surface area contributed by atoms with E-state index in [2.05, 4.69) is 10.1 Å². The third-order valence-electron chi connectivity index (χ3n) is 4.79. The summed E-state index contributed by atoms with van der Waals surface area (Å²) < 4.78 is 25.0. The largest absolute Gasteiger partial charge is 0.334 e. The zero-order valence-electron chi connectivity index (χ0n) is 13.5. The van der Waals surface area contributed by atoms with Crippen LogP contribution in [0.5, 0.6) is 0 Å². The molecular weight excluding hydrogens is 330 g/mol. The number of carbonyl (C=O) groups is 1. The van der Waals surface area contributed by atoms with Gasteiger partial charge < -0.3 is 4.90 Å². The fourth-order valence-electron chi connectivity index (χ4n) is 3.70. The summed E-state index contributed by atoms with van der Waals surface area (Å²) in [5.74, 6) is 0.0837. The Hall–Kier alpha value is -1.95. The molecule has 1 atom stereocenters. The van der Waals surface area contributed by atoms with Crippen molar-refractivity contribution >= 4 is 15.7 Å². The standard InChI is InChI=1S/C15H21N5O3S/c16-8-14-17-11-19(18-14)9-15(21)20(12-4-2-1-3-5-12)13-6-7-24(22,23)10-13/h11-13H,1-7,9-10H2. The van der Waals surface area contributed by atoms with E-state index < -0.39 is 9.84 Å². The first-order valence-corrected chi connectivity index (χ1v) is 10.1. The smallest absolute Gasteiger partial charge is 0.252 e. The lowest BCUT2D eigenvalue weighted by molar-refractivity contribution is -0.137. The first-order valence-electron chi connectivity index (χ1n) is 8.29. The van der Waals surface area contributed by atoms with E-state index in [4.69, 9.17) is 5.26 Å². The number of aromatic nitrogens is 3. The molecule has 8 nitrogen and oxygen atoms in total. The summed E-state index contributed by atoms with van der Waals surface area (Å²) in [4.78, 5) is 18.5. The van der Waals surface area contributed by atoms with Crippen LogP contribution in [0.1, 0.15) is 44.3 Å². The first-order chi connectivity index (χ1) is 11.5. The van der Waals surface area contributed by atoms with Gasteiger partial charge in [-0.2, -0.15) is 5.26 Å². The molecule has 1 aromatic rings. The van der Waals surface area contributed by atoms with E-state index >= 15 is 0 Å². The number of nitriles is 1. The van der Waals surface area contributed by atoms with E-state index in [9.17, 15) is 13.2 Å². The van der Waals surface area contributed by atoms with Gasteiger partial charge in [0.1, 0.15) is 18.9 Å². The summed E-state index contributed by atoms with van der Waals surface area (Å²) >= 11 is 0. The van der Waals surface area contributed by atoms with Crippen molar-refractivity contribution < 1.29 is 13.2 Å². The molecule has 1 aromatic heterocycles. The molecule has 1 saturated carbocycles. The zero-order chi connectivity index (χ0) is 17.2. The summed E-state index contributed by atoms with van der Waals surface area (Å²) in [6, 6.07) is 1.69. The molecule has 24 heavy (non-hydrogen) atoms. The number of sulfone groups is 1. The van der Waals surface area contributed by atoms with Crippen LogP contribution in [-0.2, 0) is 21.2 Å². The molecule has 0 spiro atoms. The van der Waals surface area contributed by atoms with E-state index in [1.807, 2.05) is 6.07 Å². The van der Waals surface area contributed by atoms with Crippen LogP contribution < -0.4 is 0 Å². The molecule has 1 unspecified atom stereocenters. The zero-order valence-corrected chi connectivity index (χ0v) is 14.3. The van der Waals surface area contributed by atoms with Crippen LogP contribution in [0, 0.1) is 11.3 Å². The molecular formula is C15H21N5O3S. The van der Waals surface area contributed by atoms with Crippen molar-refractivity contribution in [1.29, 1.82) is 5.26 Å². The monoisotopic (exact) mass is 351 g/mol. The molecule has 9 heteroatoms. The molecule has 0 N–H and O–H groups in total. The van der Waals surface area contributed by atoms with Crippen molar-refractivity contribution in [3.63, 3.8) is 0 Å². The fourth-order valence-corrected chi connectivity index (χ4v) is 5.41.